The van der Waals surface area contributed by atoms with Gasteiger partial charge in [0.2, 0.25) is 0 Å². The summed E-state index contributed by atoms with van der Waals surface area (Å²) in [5.41, 5.74) is 12.9. The third-order valence-electron chi connectivity index (χ3n) is 13.9. The van der Waals surface area contributed by atoms with E-state index in [1.54, 1.807) is 0 Å². The number of carbonyl (C=O) groups excluding carboxylic acids is 1. The van der Waals surface area contributed by atoms with Crippen LogP contribution in [0.2, 0.25) is 0 Å². The Labute approximate surface area is 387 Å². The Bertz CT molecular complexity index is 3730. The number of hydrogen-bond acceptors (Lipinski definition) is 3. The number of thiophene rings is 1. The van der Waals surface area contributed by atoms with Crippen LogP contribution in [0.5, 0.6) is 0 Å². The lowest BCUT2D eigenvalue weighted by molar-refractivity contribution is 0.103. The van der Waals surface area contributed by atoms with Crippen molar-refractivity contribution in [3.63, 3.8) is 0 Å². The molecule has 0 amide bonds. The predicted octanol–water partition coefficient (Wildman–Crippen LogP) is 15.8. The maximum absolute atomic E-state index is 14.5. The second-order valence-corrected chi connectivity index (χ2v) is 18.6. The zero-order valence-electron chi connectivity index (χ0n) is 36.0. The van der Waals surface area contributed by atoms with Gasteiger partial charge in [-0.2, -0.15) is 0 Å². The van der Waals surface area contributed by atoms with Gasteiger partial charge in [-0.15, -0.1) is 11.3 Å². The van der Waals surface area contributed by atoms with Gasteiger partial charge in [0, 0.05) is 59.1 Å². The molecule has 1 atom stereocenters. The van der Waals surface area contributed by atoms with Crippen molar-refractivity contribution in [3.8, 4) is 16.8 Å². The van der Waals surface area contributed by atoms with Gasteiger partial charge >= 0.3 is 0 Å². The molecular weight excluding hydrogens is 821 g/mol. The van der Waals surface area contributed by atoms with E-state index in [0.717, 1.165) is 67.8 Å². The molecule has 0 radical (unpaired) electrons. The van der Waals surface area contributed by atoms with Crippen molar-refractivity contribution >= 4 is 70.5 Å². The fourth-order valence-electron chi connectivity index (χ4n) is 11.1. The van der Waals surface area contributed by atoms with Crippen molar-refractivity contribution in [1.29, 1.82) is 0 Å². The van der Waals surface area contributed by atoms with Gasteiger partial charge in [-0.05, 0) is 107 Å². The van der Waals surface area contributed by atoms with Crippen LogP contribution in [0.1, 0.15) is 44.6 Å². The Morgan fingerprint density at radius 1 is 0.485 bits per heavy atom. The van der Waals surface area contributed by atoms with E-state index in [1.807, 2.05) is 23.5 Å². The van der Waals surface area contributed by atoms with E-state index in [4.69, 9.17) is 0 Å². The number of nitrogens with zero attached hydrogens (tertiary/aromatic N) is 2. The van der Waals surface area contributed by atoms with Crippen LogP contribution >= 0.6 is 11.3 Å². The second kappa shape index (κ2) is 15.3. The van der Waals surface area contributed by atoms with Gasteiger partial charge in [0.25, 0.3) is 0 Å². The van der Waals surface area contributed by atoms with Crippen LogP contribution in [-0.4, -0.2) is 16.4 Å². The molecule has 66 heavy (non-hydrogen) atoms. The van der Waals surface area contributed by atoms with Crippen LogP contribution in [0.3, 0.4) is 0 Å². The minimum atomic E-state index is -0.715. The fraction of sp³-hybridized carbons (Fsp3) is 0.0484. The van der Waals surface area contributed by atoms with Gasteiger partial charge in [-0.1, -0.05) is 170 Å². The molecule has 2 aromatic heterocycles. The van der Waals surface area contributed by atoms with Crippen molar-refractivity contribution in [3.05, 3.63) is 270 Å². The molecule has 4 heteroatoms. The number of fused-ring (bicyclic) bond motifs is 8. The van der Waals surface area contributed by atoms with Crippen LogP contribution in [0, 0.1) is 0 Å². The topological polar surface area (TPSA) is 25.2 Å². The molecule has 1 unspecified atom stereocenters. The lowest BCUT2D eigenvalue weighted by Crippen LogP contribution is -2.38. The molecule has 312 valence electrons. The van der Waals surface area contributed by atoms with E-state index in [0.29, 0.717) is 0 Å². The summed E-state index contributed by atoms with van der Waals surface area (Å²) < 4.78 is 5.02. The molecule has 13 rings (SSSR count). The highest BCUT2D eigenvalue weighted by molar-refractivity contribution is 7.25. The molecule has 2 aliphatic rings. The average Bonchev–Trinajstić information content (AvgIpc) is 3.91. The first-order valence-corrected chi connectivity index (χ1v) is 23.5. The zero-order valence-corrected chi connectivity index (χ0v) is 36.8. The number of benzene rings is 9. The normalized spacial score (nSPS) is 15.1. The van der Waals surface area contributed by atoms with Gasteiger partial charge in [-0.25, -0.2) is 0 Å². The summed E-state index contributed by atoms with van der Waals surface area (Å²) in [6.45, 7) is 0. The molecular formula is C62H42N2OS. The summed E-state index contributed by atoms with van der Waals surface area (Å²) in [6, 6.07) is 76.6. The quantitative estimate of drug-likeness (QED) is 0.159. The minimum absolute atomic E-state index is 0.0578. The molecule has 0 N–H and O–H groups in total. The van der Waals surface area contributed by atoms with E-state index >= 15 is 0 Å². The third-order valence-corrected chi connectivity index (χ3v) is 15.1. The van der Waals surface area contributed by atoms with E-state index in [2.05, 4.69) is 234 Å². The summed E-state index contributed by atoms with van der Waals surface area (Å²) in [5.74, 6) is 0.0578. The largest absolute Gasteiger partial charge is 0.334 e. The summed E-state index contributed by atoms with van der Waals surface area (Å²) in [7, 11) is 0. The molecule has 0 aliphatic heterocycles. The van der Waals surface area contributed by atoms with Crippen molar-refractivity contribution in [2.75, 3.05) is 4.90 Å². The lowest BCUT2D eigenvalue weighted by atomic mass is 9.59. The molecule has 0 saturated carbocycles. The fourth-order valence-corrected chi connectivity index (χ4v) is 12.2. The van der Waals surface area contributed by atoms with Crippen LogP contribution in [0.15, 0.2) is 237 Å². The summed E-state index contributed by atoms with van der Waals surface area (Å²) in [5, 5.41) is 5.01. The highest BCUT2D eigenvalue weighted by atomic mass is 32.1. The number of anilines is 2. The molecule has 11 aromatic rings. The van der Waals surface area contributed by atoms with E-state index in [9.17, 15) is 4.79 Å². The third kappa shape index (κ3) is 5.85. The minimum Gasteiger partial charge on any atom is -0.334 e. The first kappa shape index (κ1) is 38.4. The molecule has 2 aliphatic carbocycles. The highest BCUT2D eigenvalue weighted by Gasteiger charge is 2.46. The Morgan fingerprint density at radius 3 is 1.97 bits per heavy atom. The van der Waals surface area contributed by atoms with Crippen molar-refractivity contribution in [2.45, 2.75) is 17.9 Å². The average molecular weight is 863 g/mol. The zero-order chi connectivity index (χ0) is 43.8. The van der Waals surface area contributed by atoms with E-state index in [1.165, 1.54) is 42.1 Å². The number of carbonyl (C=O) groups is 1. The maximum atomic E-state index is 14.5. The van der Waals surface area contributed by atoms with Gasteiger partial charge in [0.05, 0.1) is 22.5 Å². The van der Waals surface area contributed by atoms with Gasteiger partial charge in [-0.3, -0.25) is 4.79 Å². The SMILES string of the molecule is O=C1c2ccccc2C(c2ccccc2)(c2ccccc2)c2cc(-c3cccc(-n4c5ccc(N(c6ccccc6)C6C=CC=CC6)cc5c5cc6c(cc54)sc4ccccc46)c3)ccc21. The number of hydrogen-bond donors (Lipinski definition) is 0. The number of allylic oxidation sites excluding steroid dienone is 2. The van der Waals surface area contributed by atoms with Crippen molar-refractivity contribution < 1.29 is 4.79 Å². The Morgan fingerprint density at radius 2 is 1.18 bits per heavy atom. The predicted molar refractivity (Wildman–Crippen MR) is 276 cm³/mol. The van der Waals surface area contributed by atoms with Crippen LogP contribution in [-0.2, 0) is 5.41 Å². The Kier molecular flexibility index (Phi) is 8.90. The lowest BCUT2D eigenvalue weighted by Gasteiger charge is -2.42. The molecule has 3 nitrogen and oxygen atoms in total. The first-order chi connectivity index (χ1) is 32.6. The monoisotopic (exact) mass is 862 g/mol. The standard InChI is InChI=1S/C62H42N2OS/c65-61-50-29-13-15-30-55(50)62(43-19-5-1-6-20-43,44-21-7-2-8-22-44)56-37-42(32-34-51(56)61)41-18-17-27-47(36-41)64-57-35-33-48(63(45-23-9-3-10-24-45)46-25-11-4-12-26-46)38-52(57)53-39-54-49-28-14-16-31-59(49)66-60(54)40-58(53)64/h1-25,27-40,46H,26H2. The summed E-state index contributed by atoms with van der Waals surface area (Å²) in [6.07, 6.45) is 9.82. The van der Waals surface area contributed by atoms with Crippen LogP contribution in [0.4, 0.5) is 11.4 Å². The summed E-state index contributed by atoms with van der Waals surface area (Å²) >= 11 is 1.86. The van der Waals surface area contributed by atoms with Crippen molar-refractivity contribution in [2.24, 2.45) is 0 Å². The van der Waals surface area contributed by atoms with E-state index < -0.39 is 5.41 Å². The number of ketones is 1. The summed E-state index contributed by atoms with van der Waals surface area (Å²) in [4.78, 5) is 17.0. The Balaban J connectivity index is 1.03. The molecule has 0 bridgehead atoms. The molecule has 0 saturated heterocycles. The molecule has 0 spiro atoms. The second-order valence-electron chi connectivity index (χ2n) is 17.5. The number of aromatic nitrogens is 1. The molecule has 9 aromatic carbocycles. The molecule has 0 fully saturated rings. The number of para-hydroxylation sites is 1. The van der Waals surface area contributed by atoms with Gasteiger partial charge in [0.15, 0.2) is 5.78 Å². The van der Waals surface area contributed by atoms with Crippen molar-refractivity contribution in [1.82, 2.24) is 4.57 Å². The van der Waals surface area contributed by atoms with E-state index in [-0.39, 0.29) is 11.8 Å². The smallest absolute Gasteiger partial charge is 0.193 e. The molecule has 2 heterocycles. The highest BCUT2D eigenvalue weighted by Crippen LogP contribution is 2.52. The maximum Gasteiger partial charge on any atom is 0.193 e. The van der Waals surface area contributed by atoms with Gasteiger partial charge in [0.1, 0.15) is 0 Å². The van der Waals surface area contributed by atoms with Gasteiger partial charge < -0.3 is 9.47 Å². The van der Waals surface area contributed by atoms with Crippen LogP contribution in [0.25, 0.3) is 58.8 Å². The number of rotatable bonds is 7. The first-order valence-electron chi connectivity index (χ1n) is 22.7. The Hall–Kier alpha value is -8.05. The van der Waals surface area contributed by atoms with Crippen LogP contribution < -0.4 is 4.90 Å².